The van der Waals surface area contributed by atoms with Crippen LogP contribution < -0.4 is 10.1 Å². The molecule has 27 heavy (non-hydrogen) atoms. The number of nitriles is 1. The highest BCUT2D eigenvalue weighted by Gasteiger charge is 2.11. The molecular formula is C20H17IN2O4. The zero-order valence-electron chi connectivity index (χ0n) is 14.6. The van der Waals surface area contributed by atoms with Crippen molar-refractivity contribution in [1.82, 2.24) is 0 Å². The number of ether oxygens (including phenoxy) is 2. The average molecular weight is 476 g/mol. The minimum atomic E-state index is -0.485. The van der Waals surface area contributed by atoms with Gasteiger partial charge in [0.05, 0.1) is 10.2 Å². The Morgan fingerprint density at radius 1 is 1.22 bits per heavy atom. The maximum Gasteiger partial charge on any atom is 0.344 e. The molecular weight excluding hydrogens is 459 g/mol. The minimum Gasteiger partial charge on any atom is -0.481 e. The number of nitrogens with zero attached hydrogens (tertiary/aromatic N) is 1. The Labute approximate surface area is 170 Å². The second-order valence-corrected chi connectivity index (χ2v) is 6.44. The quantitative estimate of drug-likeness (QED) is 0.285. The third-order valence-corrected chi connectivity index (χ3v) is 4.16. The van der Waals surface area contributed by atoms with Crippen molar-refractivity contribution in [3.05, 3.63) is 63.2 Å². The van der Waals surface area contributed by atoms with E-state index in [9.17, 15) is 14.9 Å². The van der Waals surface area contributed by atoms with Gasteiger partial charge in [0.1, 0.15) is 17.4 Å². The summed E-state index contributed by atoms with van der Waals surface area (Å²) in [5.41, 5.74) is 1.26. The number of anilines is 1. The van der Waals surface area contributed by atoms with Crippen LogP contribution in [0.3, 0.4) is 0 Å². The molecule has 2 rings (SSSR count). The number of benzene rings is 2. The molecule has 1 N–H and O–H groups in total. The maximum atomic E-state index is 12.3. The molecule has 0 aliphatic carbocycles. The van der Waals surface area contributed by atoms with Crippen LogP contribution in [0.1, 0.15) is 12.5 Å². The predicted octanol–water partition coefficient (Wildman–Crippen LogP) is 3.78. The van der Waals surface area contributed by atoms with Gasteiger partial charge in [0, 0.05) is 5.69 Å². The zero-order valence-corrected chi connectivity index (χ0v) is 16.7. The first-order valence-corrected chi connectivity index (χ1v) is 9.17. The van der Waals surface area contributed by atoms with Gasteiger partial charge in [-0.2, -0.15) is 5.26 Å². The van der Waals surface area contributed by atoms with Crippen molar-refractivity contribution in [2.24, 2.45) is 0 Å². The van der Waals surface area contributed by atoms with Crippen LogP contribution in [0.15, 0.2) is 54.1 Å². The molecule has 0 aromatic heterocycles. The van der Waals surface area contributed by atoms with Crippen molar-refractivity contribution >= 4 is 46.2 Å². The summed E-state index contributed by atoms with van der Waals surface area (Å²) >= 11 is 2.06. The highest BCUT2D eigenvalue weighted by atomic mass is 127. The number of carbonyl (C=O) groups is 2. The number of hydrogen-bond donors (Lipinski definition) is 1. The average Bonchev–Trinajstić information content (AvgIpc) is 2.66. The largest absolute Gasteiger partial charge is 0.481 e. The molecule has 1 amide bonds. The van der Waals surface area contributed by atoms with E-state index in [4.69, 9.17) is 9.47 Å². The molecule has 2 aromatic rings. The van der Waals surface area contributed by atoms with Crippen LogP contribution in [0, 0.1) is 14.9 Å². The number of carbonyl (C=O) groups excluding carboxylic acids is 2. The zero-order chi connectivity index (χ0) is 19.6. The van der Waals surface area contributed by atoms with Crippen LogP contribution in [-0.4, -0.2) is 25.1 Å². The van der Waals surface area contributed by atoms with E-state index in [2.05, 4.69) is 27.9 Å². The van der Waals surface area contributed by atoms with Crippen molar-refractivity contribution in [2.45, 2.75) is 6.92 Å². The van der Waals surface area contributed by atoms with Crippen molar-refractivity contribution < 1.29 is 19.1 Å². The van der Waals surface area contributed by atoms with Gasteiger partial charge in [-0.1, -0.05) is 24.3 Å². The van der Waals surface area contributed by atoms with Crippen molar-refractivity contribution in [1.29, 1.82) is 5.26 Å². The molecule has 0 fully saturated rings. The van der Waals surface area contributed by atoms with E-state index >= 15 is 0 Å². The number of rotatable bonds is 7. The smallest absolute Gasteiger partial charge is 0.344 e. The molecule has 138 valence electrons. The Bertz CT molecular complexity index is 889. The van der Waals surface area contributed by atoms with Crippen LogP contribution in [0.4, 0.5) is 5.69 Å². The number of esters is 1. The molecule has 0 heterocycles. The molecule has 0 radical (unpaired) electrons. The fourth-order valence-electron chi connectivity index (χ4n) is 2.10. The summed E-state index contributed by atoms with van der Waals surface area (Å²) in [6, 6.07) is 16.0. The second-order valence-electron chi connectivity index (χ2n) is 5.27. The van der Waals surface area contributed by atoms with E-state index in [1.54, 1.807) is 49.4 Å². The van der Waals surface area contributed by atoms with E-state index in [1.165, 1.54) is 6.08 Å². The lowest BCUT2D eigenvalue weighted by Crippen LogP contribution is -2.15. The molecule has 0 saturated heterocycles. The molecule has 0 spiro atoms. The summed E-state index contributed by atoms with van der Waals surface area (Å²) in [5, 5.41) is 12.0. The number of halogens is 1. The minimum absolute atomic E-state index is 0.0187. The molecule has 0 saturated carbocycles. The Morgan fingerprint density at radius 2 is 1.96 bits per heavy atom. The third kappa shape index (κ3) is 6.42. The summed E-state index contributed by atoms with van der Waals surface area (Å²) < 4.78 is 11.0. The fraction of sp³-hybridized carbons (Fsp3) is 0.150. The molecule has 0 unspecified atom stereocenters. The summed E-state index contributed by atoms with van der Waals surface area (Å²) in [7, 11) is 0. The van der Waals surface area contributed by atoms with Gasteiger partial charge in [-0.05, 0) is 65.4 Å². The maximum absolute atomic E-state index is 12.3. The lowest BCUT2D eigenvalue weighted by Gasteiger charge is -2.08. The fourth-order valence-corrected chi connectivity index (χ4v) is 2.79. The molecule has 0 aliphatic rings. The highest BCUT2D eigenvalue weighted by molar-refractivity contribution is 14.1. The first-order chi connectivity index (χ1) is 13.0. The van der Waals surface area contributed by atoms with Crippen LogP contribution in [-0.2, 0) is 14.3 Å². The van der Waals surface area contributed by atoms with Crippen LogP contribution in [0.5, 0.6) is 5.75 Å². The lowest BCUT2D eigenvalue weighted by molar-refractivity contribution is -0.145. The van der Waals surface area contributed by atoms with Gasteiger partial charge in [0.15, 0.2) is 6.61 Å². The summed E-state index contributed by atoms with van der Waals surface area (Å²) in [6.45, 7) is 1.84. The number of para-hydroxylation sites is 1. The van der Waals surface area contributed by atoms with Gasteiger partial charge < -0.3 is 14.8 Å². The molecule has 2 aromatic carbocycles. The topological polar surface area (TPSA) is 88.4 Å². The summed E-state index contributed by atoms with van der Waals surface area (Å²) in [5.74, 6) is -0.406. The lowest BCUT2D eigenvalue weighted by atomic mass is 10.1. The number of hydrogen-bond acceptors (Lipinski definition) is 5. The second kappa shape index (κ2) is 10.3. The predicted molar refractivity (Wildman–Crippen MR) is 110 cm³/mol. The van der Waals surface area contributed by atoms with Gasteiger partial charge in [-0.25, -0.2) is 4.79 Å². The summed E-state index contributed by atoms with van der Waals surface area (Å²) in [4.78, 5) is 23.6. The Balaban J connectivity index is 2.09. The van der Waals surface area contributed by atoms with Gasteiger partial charge >= 0.3 is 5.97 Å². The van der Waals surface area contributed by atoms with Gasteiger partial charge in [0.25, 0.3) is 5.91 Å². The Morgan fingerprint density at radius 3 is 2.59 bits per heavy atom. The molecule has 6 nitrogen and oxygen atoms in total. The Kier molecular flexibility index (Phi) is 7.82. The van der Waals surface area contributed by atoms with E-state index in [0.29, 0.717) is 23.6 Å². The van der Waals surface area contributed by atoms with E-state index in [0.717, 1.165) is 3.57 Å². The first kappa shape index (κ1) is 20.5. The van der Waals surface area contributed by atoms with Crippen molar-refractivity contribution in [3.63, 3.8) is 0 Å². The number of amides is 1. The van der Waals surface area contributed by atoms with Gasteiger partial charge in [-0.15, -0.1) is 0 Å². The first-order valence-electron chi connectivity index (χ1n) is 8.09. The molecule has 0 bridgehead atoms. The summed E-state index contributed by atoms with van der Waals surface area (Å²) in [6.07, 6.45) is 1.50. The van der Waals surface area contributed by atoms with Crippen molar-refractivity contribution in [2.75, 3.05) is 18.5 Å². The SMILES string of the molecule is CCOC(=O)COc1ccc(/C=C(/C#N)C(=O)Nc2ccccc2)cc1I. The third-order valence-electron chi connectivity index (χ3n) is 3.31. The monoisotopic (exact) mass is 476 g/mol. The van der Waals surface area contributed by atoms with Crippen LogP contribution in [0.25, 0.3) is 6.08 Å². The van der Waals surface area contributed by atoms with Gasteiger partial charge in [-0.3, -0.25) is 4.79 Å². The van der Waals surface area contributed by atoms with E-state index in [1.807, 2.05) is 12.1 Å². The highest BCUT2D eigenvalue weighted by Crippen LogP contribution is 2.23. The van der Waals surface area contributed by atoms with E-state index < -0.39 is 11.9 Å². The van der Waals surface area contributed by atoms with Crippen molar-refractivity contribution in [3.8, 4) is 11.8 Å². The normalized spacial score (nSPS) is 10.6. The number of nitrogens with one attached hydrogen (secondary N) is 1. The Hall–Kier alpha value is -2.86. The standard InChI is InChI=1S/C20H17IN2O4/c1-2-26-19(24)13-27-18-9-8-14(11-17(18)21)10-15(12-22)20(25)23-16-6-4-3-5-7-16/h3-11H,2,13H2,1H3,(H,23,25)/b15-10-. The van der Waals surface area contributed by atoms with Crippen LogP contribution in [0.2, 0.25) is 0 Å². The molecule has 7 heteroatoms. The van der Waals surface area contributed by atoms with Crippen LogP contribution >= 0.6 is 22.6 Å². The van der Waals surface area contributed by atoms with Gasteiger partial charge in [0.2, 0.25) is 0 Å². The molecule has 0 atom stereocenters. The molecule has 0 aliphatic heterocycles. The van der Waals surface area contributed by atoms with E-state index in [-0.39, 0.29) is 12.2 Å².